The first-order chi connectivity index (χ1) is 17.9. The number of carbonyl (C=O) groups excluding carboxylic acids is 1. The van der Waals surface area contributed by atoms with Crippen molar-refractivity contribution in [2.75, 3.05) is 18.1 Å². The van der Waals surface area contributed by atoms with E-state index in [1.54, 1.807) is 25.1 Å². The molecule has 10 heteroatoms. The van der Waals surface area contributed by atoms with Gasteiger partial charge in [0.05, 0.1) is 16.8 Å². The lowest BCUT2D eigenvalue weighted by molar-refractivity contribution is -0.122. The van der Waals surface area contributed by atoms with E-state index in [0.717, 1.165) is 16.7 Å². The number of hydrogen-bond donors (Lipinski definition) is 0. The highest BCUT2D eigenvalue weighted by molar-refractivity contribution is 9.10. The third-order valence-electron chi connectivity index (χ3n) is 7.16. The average molecular weight is 666 g/mol. The number of hydrogen-bond acceptors (Lipinski definition) is 4. The summed E-state index contributed by atoms with van der Waals surface area (Å²) in [6.07, 6.45) is 0.206. The second-order valence-corrected chi connectivity index (χ2v) is 13.8. The van der Waals surface area contributed by atoms with Crippen molar-refractivity contribution in [2.45, 2.75) is 50.1 Å². The van der Waals surface area contributed by atoms with Gasteiger partial charge in [-0.2, -0.15) is 4.31 Å². The molecule has 3 aromatic rings. The number of benzene rings is 3. The maximum absolute atomic E-state index is 14.6. The summed E-state index contributed by atoms with van der Waals surface area (Å²) in [5.74, 6) is -0.641. The third kappa shape index (κ3) is 4.69. The molecule has 0 saturated carbocycles. The Balaban J connectivity index is 1.62. The second-order valence-electron chi connectivity index (χ2n) is 10.2. The van der Waals surface area contributed by atoms with Crippen LogP contribution in [-0.4, -0.2) is 37.8 Å². The van der Waals surface area contributed by atoms with Crippen molar-refractivity contribution in [1.29, 1.82) is 0 Å². The molecule has 200 valence electrons. The van der Waals surface area contributed by atoms with Gasteiger partial charge in [-0.15, -0.1) is 0 Å². The Bertz CT molecular complexity index is 1540. The Morgan fingerprint density at radius 2 is 1.82 bits per heavy atom. The average Bonchev–Trinajstić information content (AvgIpc) is 3.13. The molecule has 0 N–H and O–H groups in total. The van der Waals surface area contributed by atoms with E-state index in [1.807, 2.05) is 38.1 Å². The first kappa shape index (κ1) is 27.3. The summed E-state index contributed by atoms with van der Waals surface area (Å²) in [7, 11) is -4.18. The highest BCUT2D eigenvalue weighted by atomic mass is 79.9. The van der Waals surface area contributed by atoms with Crippen LogP contribution in [0.5, 0.6) is 5.75 Å². The number of rotatable bonds is 5. The van der Waals surface area contributed by atoms with Gasteiger partial charge >= 0.3 is 0 Å². The van der Waals surface area contributed by atoms with Crippen LogP contribution in [0.25, 0.3) is 0 Å². The Hall–Kier alpha value is -2.27. The van der Waals surface area contributed by atoms with Crippen LogP contribution in [0.4, 0.5) is 10.1 Å². The molecule has 38 heavy (non-hydrogen) atoms. The van der Waals surface area contributed by atoms with Crippen molar-refractivity contribution in [3.8, 4) is 5.75 Å². The maximum atomic E-state index is 14.6. The van der Waals surface area contributed by atoms with Gasteiger partial charge in [0.25, 0.3) is 0 Å². The van der Waals surface area contributed by atoms with E-state index in [1.165, 1.54) is 21.3 Å². The van der Waals surface area contributed by atoms with E-state index in [0.29, 0.717) is 21.2 Å². The molecule has 2 heterocycles. The summed E-state index contributed by atoms with van der Waals surface area (Å²) < 4.78 is 50.9. The molecule has 5 rings (SSSR count). The van der Waals surface area contributed by atoms with Crippen LogP contribution in [-0.2, 0) is 33.2 Å². The van der Waals surface area contributed by atoms with Gasteiger partial charge in [-0.1, -0.05) is 54.0 Å². The molecule has 0 aromatic heterocycles. The zero-order chi connectivity index (χ0) is 27.4. The number of halogens is 3. The highest BCUT2D eigenvalue weighted by Gasteiger charge is 2.46. The predicted octanol–water partition coefficient (Wildman–Crippen LogP) is 6.19. The van der Waals surface area contributed by atoms with E-state index >= 15 is 0 Å². The highest BCUT2D eigenvalue weighted by Crippen LogP contribution is 2.44. The molecule has 0 spiro atoms. The van der Waals surface area contributed by atoms with Crippen molar-refractivity contribution in [3.63, 3.8) is 0 Å². The van der Waals surface area contributed by atoms with Crippen LogP contribution >= 0.6 is 31.9 Å². The van der Waals surface area contributed by atoms with Crippen LogP contribution in [0, 0.1) is 5.82 Å². The van der Waals surface area contributed by atoms with Crippen molar-refractivity contribution in [3.05, 3.63) is 86.1 Å². The number of carbonyl (C=O) groups is 1. The molecule has 6 nitrogen and oxygen atoms in total. The molecule has 2 aliphatic heterocycles. The van der Waals surface area contributed by atoms with E-state index in [4.69, 9.17) is 4.74 Å². The van der Waals surface area contributed by atoms with E-state index in [9.17, 15) is 17.6 Å². The normalized spacial score (nSPS) is 18.7. The molecule has 1 atom stereocenters. The van der Waals surface area contributed by atoms with E-state index in [-0.39, 0.29) is 36.1 Å². The summed E-state index contributed by atoms with van der Waals surface area (Å²) >= 11 is 6.63. The monoisotopic (exact) mass is 664 g/mol. The van der Waals surface area contributed by atoms with Crippen molar-refractivity contribution < 1.29 is 22.3 Å². The fourth-order valence-electron chi connectivity index (χ4n) is 5.29. The summed E-state index contributed by atoms with van der Waals surface area (Å²) in [4.78, 5) is 15.8. The van der Waals surface area contributed by atoms with Gasteiger partial charge in [0.2, 0.25) is 15.9 Å². The topological polar surface area (TPSA) is 66.9 Å². The predicted molar refractivity (Wildman–Crippen MR) is 151 cm³/mol. The number of amides is 1. The molecule has 0 saturated heterocycles. The van der Waals surface area contributed by atoms with Gasteiger partial charge in [0.1, 0.15) is 22.5 Å². The van der Waals surface area contributed by atoms with Crippen LogP contribution in [0.15, 0.2) is 68.4 Å². The number of ether oxygens (including phenoxy) is 1. The molecular formula is C28H27Br2FN2O4S. The fraction of sp³-hybridized carbons (Fsp3) is 0.321. The molecular weight excluding hydrogens is 639 g/mol. The minimum atomic E-state index is -4.18. The van der Waals surface area contributed by atoms with Crippen molar-refractivity contribution >= 4 is 53.5 Å². The fourth-order valence-corrected chi connectivity index (χ4v) is 7.87. The lowest BCUT2D eigenvalue weighted by Gasteiger charge is -2.37. The molecule has 0 fully saturated rings. The zero-order valence-corrected chi connectivity index (χ0v) is 25.2. The molecule has 0 aliphatic carbocycles. The molecule has 0 bridgehead atoms. The summed E-state index contributed by atoms with van der Waals surface area (Å²) in [5.41, 5.74) is 2.61. The lowest BCUT2D eigenvalue weighted by atomic mass is 9.87. The molecule has 1 unspecified atom stereocenters. The minimum absolute atomic E-state index is 0.0111. The van der Waals surface area contributed by atoms with Crippen LogP contribution in [0.2, 0.25) is 0 Å². The van der Waals surface area contributed by atoms with Crippen LogP contribution in [0.3, 0.4) is 0 Å². The standard InChI is InChI=1S/C28H27Br2FN2O4S/c1-4-37-25-10-9-19(29)12-26(25)38(35,36)33-15-18-8-6-5-7-17(18)11-24(33)27(34)32-16-28(2,3)20-13-21(30)22(31)14-23(20)32/h5-10,12-14,24H,4,11,15-16H2,1-3H3. The number of fused-ring (bicyclic) bond motifs is 2. The molecule has 2 aliphatic rings. The minimum Gasteiger partial charge on any atom is -0.492 e. The molecule has 1 amide bonds. The molecule has 3 aromatic carbocycles. The maximum Gasteiger partial charge on any atom is 0.247 e. The van der Waals surface area contributed by atoms with Gasteiger partial charge in [-0.3, -0.25) is 4.79 Å². The summed E-state index contributed by atoms with van der Waals surface area (Å²) in [6, 6.07) is 14.4. The van der Waals surface area contributed by atoms with E-state index in [2.05, 4.69) is 31.9 Å². The van der Waals surface area contributed by atoms with Gasteiger partial charge in [0.15, 0.2) is 0 Å². The van der Waals surface area contributed by atoms with Crippen LogP contribution in [0.1, 0.15) is 37.5 Å². The quantitative estimate of drug-likeness (QED) is 0.326. The Morgan fingerprint density at radius 1 is 1.11 bits per heavy atom. The first-order valence-electron chi connectivity index (χ1n) is 12.3. The Labute approximate surface area is 239 Å². The Morgan fingerprint density at radius 3 is 2.53 bits per heavy atom. The van der Waals surface area contributed by atoms with Gasteiger partial charge in [-0.05, 0) is 76.3 Å². The van der Waals surface area contributed by atoms with Crippen molar-refractivity contribution in [1.82, 2.24) is 4.31 Å². The van der Waals surface area contributed by atoms with Gasteiger partial charge < -0.3 is 9.64 Å². The largest absolute Gasteiger partial charge is 0.492 e. The van der Waals surface area contributed by atoms with Crippen molar-refractivity contribution in [2.24, 2.45) is 0 Å². The summed E-state index contributed by atoms with van der Waals surface area (Å²) in [6.45, 7) is 6.39. The Kier molecular flexibility index (Phi) is 7.21. The number of nitrogens with zero attached hydrogens (tertiary/aromatic N) is 2. The number of sulfonamides is 1. The SMILES string of the molecule is CCOc1ccc(Br)cc1S(=O)(=O)N1Cc2ccccc2CC1C(=O)N1CC(C)(C)c2cc(Br)c(F)cc21. The van der Waals surface area contributed by atoms with E-state index < -0.39 is 27.3 Å². The zero-order valence-electron chi connectivity index (χ0n) is 21.2. The molecule has 0 radical (unpaired) electrons. The number of anilines is 1. The second kappa shape index (κ2) is 10.0. The summed E-state index contributed by atoms with van der Waals surface area (Å²) in [5, 5.41) is 0. The smallest absolute Gasteiger partial charge is 0.247 e. The first-order valence-corrected chi connectivity index (χ1v) is 15.3. The van der Waals surface area contributed by atoms with Gasteiger partial charge in [0, 0.05) is 23.0 Å². The van der Waals surface area contributed by atoms with Crippen LogP contribution < -0.4 is 9.64 Å². The third-order valence-corrected chi connectivity index (χ3v) is 10.1. The lowest BCUT2D eigenvalue weighted by Crippen LogP contribution is -2.54. The van der Waals surface area contributed by atoms with Gasteiger partial charge in [-0.25, -0.2) is 12.8 Å².